The maximum Gasteiger partial charge on any atom is 0.227 e. The lowest BCUT2D eigenvalue weighted by molar-refractivity contribution is -0.140. The smallest absolute Gasteiger partial charge is 0.227 e. The molecular formula is C16H27N5O2. The van der Waals surface area contributed by atoms with Gasteiger partial charge in [0, 0.05) is 32.7 Å². The zero-order valence-electron chi connectivity index (χ0n) is 14.4. The van der Waals surface area contributed by atoms with Crippen LogP contribution in [0.5, 0.6) is 0 Å². The van der Waals surface area contributed by atoms with Crippen molar-refractivity contribution in [3.63, 3.8) is 0 Å². The predicted molar refractivity (Wildman–Crippen MR) is 85.8 cm³/mol. The molecule has 0 aromatic carbocycles. The number of aryl methyl sites for hydroxylation is 1. The molecule has 0 aliphatic carbocycles. The molecule has 7 heteroatoms. The van der Waals surface area contributed by atoms with Crippen LogP contribution in [0, 0.1) is 18.8 Å². The Balaban J connectivity index is 1.62. The number of hydrogen-bond acceptors (Lipinski definition) is 5. The number of likely N-dealkylation sites (tertiary alicyclic amines) is 1. The Morgan fingerprint density at radius 2 is 2.00 bits per heavy atom. The molecule has 0 radical (unpaired) electrons. The van der Waals surface area contributed by atoms with Crippen molar-refractivity contribution in [2.75, 3.05) is 39.4 Å². The average Bonchev–Trinajstić information content (AvgIpc) is 3.10. The average molecular weight is 321 g/mol. The zero-order chi connectivity index (χ0) is 16.4. The SMILES string of the molecule is CCn1c(C)nnc1CN1C[C@@H](C)[C@H](C(=O)N2CCOCC2)C1. The number of aromatic nitrogens is 3. The van der Waals surface area contributed by atoms with Crippen molar-refractivity contribution in [2.45, 2.75) is 33.9 Å². The number of hydrogen-bond donors (Lipinski definition) is 0. The number of amides is 1. The Kier molecular flexibility index (Phi) is 4.96. The van der Waals surface area contributed by atoms with Gasteiger partial charge in [-0.25, -0.2) is 0 Å². The molecule has 7 nitrogen and oxygen atoms in total. The van der Waals surface area contributed by atoms with Gasteiger partial charge in [0.15, 0.2) is 0 Å². The van der Waals surface area contributed by atoms with Crippen molar-refractivity contribution in [1.29, 1.82) is 0 Å². The van der Waals surface area contributed by atoms with E-state index in [4.69, 9.17) is 4.74 Å². The van der Waals surface area contributed by atoms with Gasteiger partial charge in [-0.15, -0.1) is 10.2 Å². The fraction of sp³-hybridized carbons (Fsp3) is 0.812. The Labute approximate surface area is 137 Å². The summed E-state index contributed by atoms with van der Waals surface area (Å²) in [6.07, 6.45) is 0. The van der Waals surface area contributed by atoms with Crippen LogP contribution >= 0.6 is 0 Å². The summed E-state index contributed by atoms with van der Waals surface area (Å²) in [4.78, 5) is 17.0. The highest BCUT2D eigenvalue weighted by atomic mass is 16.5. The fourth-order valence-electron chi connectivity index (χ4n) is 3.69. The van der Waals surface area contributed by atoms with Gasteiger partial charge in [0.2, 0.25) is 5.91 Å². The molecule has 2 saturated heterocycles. The van der Waals surface area contributed by atoms with Gasteiger partial charge in [0.25, 0.3) is 0 Å². The molecule has 2 aliphatic heterocycles. The van der Waals surface area contributed by atoms with Crippen LogP contribution in [-0.2, 0) is 22.6 Å². The molecule has 1 aromatic heterocycles. The van der Waals surface area contributed by atoms with E-state index in [1.807, 2.05) is 11.8 Å². The van der Waals surface area contributed by atoms with E-state index >= 15 is 0 Å². The highest BCUT2D eigenvalue weighted by molar-refractivity contribution is 5.79. The molecule has 3 heterocycles. The van der Waals surface area contributed by atoms with Crippen LogP contribution in [0.25, 0.3) is 0 Å². The number of carbonyl (C=O) groups is 1. The van der Waals surface area contributed by atoms with Gasteiger partial charge < -0.3 is 14.2 Å². The highest BCUT2D eigenvalue weighted by Crippen LogP contribution is 2.26. The van der Waals surface area contributed by atoms with Crippen LogP contribution in [0.4, 0.5) is 0 Å². The zero-order valence-corrected chi connectivity index (χ0v) is 14.4. The first kappa shape index (κ1) is 16.4. The minimum absolute atomic E-state index is 0.0900. The van der Waals surface area contributed by atoms with Gasteiger partial charge in [0.05, 0.1) is 25.7 Å². The van der Waals surface area contributed by atoms with Gasteiger partial charge in [-0.2, -0.15) is 0 Å². The molecule has 0 unspecified atom stereocenters. The number of rotatable bonds is 4. The van der Waals surface area contributed by atoms with E-state index in [9.17, 15) is 4.79 Å². The molecule has 0 saturated carbocycles. The Morgan fingerprint density at radius 3 is 2.70 bits per heavy atom. The van der Waals surface area contributed by atoms with Crippen LogP contribution < -0.4 is 0 Å². The Hall–Kier alpha value is -1.47. The van der Waals surface area contributed by atoms with Crippen LogP contribution in [-0.4, -0.2) is 69.9 Å². The van der Waals surface area contributed by atoms with Crippen LogP contribution in [0.3, 0.4) is 0 Å². The minimum Gasteiger partial charge on any atom is -0.378 e. The molecule has 2 atom stereocenters. The quantitative estimate of drug-likeness (QED) is 0.810. The molecule has 2 fully saturated rings. The van der Waals surface area contributed by atoms with Crippen LogP contribution in [0.15, 0.2) is 0 Å². The second-order valence-electron chi connectivity index (χ2n) is 6.62. The summed E-state index contributed by atoms with van der Waals surface area (Å²) in [6, 6.07) is 0. The number of morpholine rings is 1. The third-order valence-corrected chi connectivity index (χ3v) is 5.02. The second-order valence-corrected chi connectivity index (χ2v) is 6.62. The summed E-state index contributed by atoms with van der Waals surface area (Å²) in [5, 5.41) is 8.47. The lowest BCUT2D eigenvalue weighted by Gasteiger charge is -2.30. The van der Waals surface area contributed by atoms with Crippen LogP contribution in [0.2, 0.25) is 0 Å². The first-order valence-corrected chi connectivity index (χ1v) is 8.57. The topological polar surface area (TPSA) is 63.5 Å². The number of carbonyl (C=O) groups excluding carboxylic acids is 1. The maximum absolute atomic E-state index is 12.7. The molecule has 3 rings (SSSR count). The third-order valence-electron chi connectivity index (χ3n) is 5.02. The third kappa shape index (κ3) is 3.40. The monoisotopic (exact) mass is 321 g/mol. The molecular weight excluding hydrogens is 294 g/mol. The Morgan fingerprint density at radius 1 is 1.26 bits per heavy atom. The molecule has 0 N–H and O–H groups in total. The van der Waals surface area contributed by atoms with Gasteiger partial charge in [0.1, 0.15) is 11.6 Å². The second kappa shape index (κ2) is 6.97. The molecule has 128 valence electrons. The van der Waals surface area contributed by atoms with E-state index in [1.165, 1.54) is 0 Å². The maximum atomic E-state index is 12.7. The van der Waals surface area contributed by atoms with Crippen molar-refractivity contribution in [2.24, 2.45) is 11.8 Å². The molecule has 0 bridgehead atoms. The minimum atomic E-state index is 0.0900. The largest absolute Gasteiger partial charge is 0.378 e. The fourth-order valence-corrected chi connectivity index (χ4v) is 3.69. The van der Waals surface area contributed by atoms with E-state index in [2.05, 4.69) is 33.5 Å². The normalized spacial score (nSPS) is 26.0. The van der Waals surface area contributed by atoms with Gasteiger partial charge in [-0.1, -0.05) is 6.92 Å². The highest BCUT2D eigenvalue weighted by Gasteiger charge is 2.37. The van der Waals surface area contributed by atoms with Crippen molar-refractivity contribution >= 4 is 5.91 Å². The molecule has 2 aliphatic rings. The molecule has 1 aromatic rings. The van der Waals surface area contributed by atoms with Crippen LogP contribution in [0.1, 0.15) is 25.5 Å². The summed E-state index contributed by atoms with van der Waals surface area (Å²) in [5.74, 6) is 2.71. The molecule has 1 amide bonds. The summed E-state index contributed by atoms with van der Waals surface area (Å²) < 4.78 is 7.49. The molecule has 0 spiro atoms. The van der Waals surface area contributed by atoms with Crippen molar-refractivity contribution in [1.82, 2.24) is 24.6 Å². The lowest BCUT2D eigenvalue weighted by Crippen LogP contribution is -2.45. The standard InChI is InChI=1S/C16H27N5O2/c1-4-21-13(3)17-18-15(21)11-19-9-12(2)14(10-19)16(22)20-5-7-23-8-6-20/h12,14H,4-11H2,1-3H3/t12-,14-/m1/s1. The first-order valence-electron chi connectivity index (χ1n) is 8.57. The van der Waals surface area contributed by atoms with Crippen molar-refractivity contribution < 1.29 is 9.53 Å². The summed E-state index contributed by atoms with van der Waals surface area (Å²) >= 11 is 0. The van der Waals surface area contributed by atoms with E-state index in [0.717, 1.165) is 50.9 Å². The van der Waals surface area contributed by atoms with Gasteiger partial charge in [-0.05, 0) is 19.8 Å². The number of ether oxygens (including phenoxy) is 1. The van der Waals surface area contributed by atoms with Crippen molar-refractivity contribution in [3.05, 3.63) is 11.6 Å². The van der Waals surface area contributed by atoms with Gasteiger partial charge in [-0.3, -0.25) is 9.69 Å². The van der Waals surface area contributed by atoms with E-state index in [0.29, 0.717) is 19.1 Å². The summed E-state index contributed by atoms with van der Waals surface area (Å²) in [6.45, 7) is 12.5. The summed E-state index contributed by atoms with van der Waals surface area (Å²) in [7, 11) is 0. The van der Waals surface area contributed by atoms with E-state index < -0.39 is 0 Å². The lowest BCUT2D eigenvalue weighted by atomic mass is 9.96. The van der Waals surface area contributed by atoms with E-state index in [1.54, 1.807) is 0 Å². The van der Waals surface area contributed by atoms with E-state index in [-0.39, 0.29) is 11.8 Å². The van der Waals surface area contributed by atoms with Crippen molar-refractivity contribution in [3.8, 4) is 0 Å². The first-order chi connectivity index (χ1) is 11.1. The Bertz CT molecular complexity index is 553. The summed E-state index contributed by atoms with van der Waals surface area (Å²) in [5.41, 5.74) is 0. The number of nitrogens with zero attached hydrogens (tertiary/aromatic N) is 5. The molecule has 23 heavy (non-hydrogen) atoms. The van der Waals surface area contributed by atoms with Gasteiger partial charge >= 0.3 is 0 Å². The predicted octanol–water partition coefficient (Wildman–Crippen LogP) is 0.533.